The van der Waals surface area contributed by atoms with E-state index in [2.05, 4.69) is 5.32 Å². The van der Waals surface area contributed by atoms with Crippen molar-refractivity contribution in [2.45, 2.75) is 19.4 Å². The molecule has 0 saturated carbocycles. The molecule has 1 aliphatic rings. The lowest BCUT2D eigenvalue weighted by Gasteiger charge is -2.12. The SMILES string of the molecule is Cc1ccc(NC2CCS(=O)(=O)C2)cc1. The third kappa shape index (κ3) is 2.72. The molecule has 1 aromatic rings. The molecule has 0 amide bonds. The molecule has 3 nitrogen and oxygen atoms in total. The van der Waals surface area contributed by atoms with Gasteiger partial charge in [-0.05, 0) is 25.5 Å². The molecular formula is C11H15NO2S. The first-order valence-corrected chi connectivity index (χ1v) is 6.91. The fraction of sp³-hybridized carbons (Fsp3) is 0.455. The van der Waals surface area contributed by atoms with Gasteiger partial charge in [0.05, 0.1) is 11.5 Å². The van der Waals surface area contributed by atoms with Gasteiger partial charge in [0.15, 0.2) is 9.84 Å². The third-order valence-corrected chi connectivity index (χ3v) is 4.42. The summed E-state index contributed by atoms with van der Waals surface area (Å²) in [5, 5.41) is 3.24. The number of hydrogen-bond donors (Lipinski definition) is 1. The Kier molecular flexibility index (Phi) is 2.69. The Morgan fingerprint density at radius 3 is 2.47 bits per heavy atom. The van der Waals surface area contributed by atoms with E-state index in [1.54, 1.807) is 0 Å². The molecule has 0 radical (unpaired) electrons. The minimum Gasteiger partial charge on any atom is -0.381 e. The fourth-order valence-corrected chi connectivity index (χ4v) is 3.47. The molecular weight excluding hydrogens is 210 g/mol. The van der Waals surface area contributed by atoms with E-state index in [1.807, 2.05) is 31.2 Å². The molecule has 2 rings (SSSR count). The van der Waals surface area contributed by atoms with Crippen LogP contribution in [0.3, 0.4) is 0 Å². The minimum absolute atomic E-state index is 0.0812. The van der Waals surface area contributed by atoms with Crippen LogP contribution < -0.4 is 5.32 Å². The second-order valence-electron chi connectivity index (χ2n) is 4.11. The van der Waals surface area contributed by atoms with Crippen LogP contribution >= 0.6 is 0 Å². The summed E-state index contributed by atoms with van der Waals surface area (Å²) in [6.07, 6.45) is 0.718. The summed E-state index contributed by atoms with van der Waals surface area (Å²) in [6.45, 7) is 2.03. The van der Waals surface area contributed by atoms with Gasteiger partial charge in [0.25, 0.3) is 0 Å². The second-order valence-corrected chi connectivity index (χ2v) is 6.34. The quantitative estimate of drug-likeness (QED) is 0.831. The molecule has 0 bridgehead atoms. The van der Waals surface area contributed by atoms with E-state index in [0.717, 1.165) is 12.1 Å². The Morgan fingerprint density at radius 2 is 1.93 bits per heavy atom. The Balaban J connectivity index is 2.02. The first-order chi connectivity index (χ1) is 7.05. The zero-order valence-corrected chi connectivity index (χ0v) is 9.55. The van der Waals surface area contributed by atoms with Crippen molar-refractivity contribution in [2.75, 3.05) is 16.8 Å². The van der Waals surface area contributed by atoms with Crippen molar-refractivity contribution in [1.82, 2.24) is 0 Å². The van der Waals surface area contributed by atoms with Crippen LogP contribution in [-0.2, 0) is 9.84 Å². The van der Waals surface area contributed by atoms with E-state index in [4.69, 9.17) is 0 Å². The monoisotopic (exact) mass is 225 g/mol. The highest BCUT2D eigenvalue weighted by Gasteiger charge is 2.27. The summed E-state index contributed by atoms with van der Waals surface area (Å²) in [5.74, 6) is 0.581. The number of hydrogen-bond acceptors (Lipinski definition) is 3. The molecule has 0 spiro atoms. The van der Waals surface area contributed by atoms with Gasteiger partial charge >= 0.3 is 0 Å². The fourth-order valence-electron chi connectivity index (χ4n) is 1.79. The number of sulfone groups is 1. The Bertz CT molecular complexity index is 436. The summed E-state index contributed by atoms with van der Waals surface area (Å²) in [4.78, 5) is 0. The van der Waals surface area contributed by atoms with Gasteiger partial charge < -0.3 is 5.32 Å². The number of anilines is 1. The van der Waals surface area contributed by atoms with E-state index < -0.39 is 9.84 Å². The standard InChI is InChI=1S/C11H15NO2S/c1-9-2-4-10(5-3-9)12-11-6-7-15(13,14)8-11/h2-5,11-12H,6-8H2,1H3. The summed E-state index contributed by atoms with van der Waals surface area (Å²) in [7, 11) is -2.79. The van der Waals surface area contributed by atoms with Gasteiger partial charge in [0, 0.05) is 11.7 Å². The molecule has 1 N–H and O–H groups in total. The molecule has 1 heterocycles. The van der Waals surface area contributed by atoms with Crippen LogP contribution in [0, 0.1) is 6.92 Å². The van der Waals surface area contributed by atoms with Gasteiger partial charge in [-0.25, -0.2) is 8.42 Å². The average Bonchev–Trinajstić information content (AvgIpc) is 2.50. The van der Waals surface area contributed by atoms with Crippen molar-refractivity contribution in [1.29, 1.82) is 0 Å². The van der Waals surface area contributed by atoms with Crippen LogP contribution in [-0.4, -0.2) is 26.0 Å². The van der Waals surface area contributed by atoms with Gasteiger partial charge in [-0.15, -0.1) is 0 Å². The van der Waals surface area contributed by atoms with Crippen LogP contribution in [0.1, 0.15) is 12.0 Å². The summed E-state index contributed by atoms with van der Waals surface area (Å²) < 4.78 is 22.5. The maximum Gasteiger partial charge on any atom is 0.152 e. The first-order valence-electron chi connectivity index (χ1n) is 5.09. The lowest BCUT2D eigenvalue weighted by molar-refractivity contribution is 0.602. The van der Waals surface area contributed by atoms with Crippen molar-refractivity contribution < 1.29 is 8.42 Å². The van der Waals surface area contributed by atoms with Gasteiger partial charge in [0.1, 0.15) is 0 Å². The largest absolute Gasteiger partial charge is 0.381 e. The molecule has 1 aliphatic heterocycles. The van der Waals surface area contributed by atoms with Crippen LogP contribution in [0.5, 0.6) is 0 Å². The van der Waals surface area contributed by atoms with Crippen molar-refractivity contribution in [2.24, 2.45) is 0 Å². The van der Waals surface area contributed by atoms with Gasteiger partial charge in [-0.3, -0.25) is 0 Å². The van der Waals surface area contributed by atoms with Gasteiger partial charge in [-0.1, -0.05) is 17.7 Å². The highest BCUT2D eigenvalue weighted by atomic mass is 32.2. The lowest BCUT2D eigenvalue weighted by atomic mass is 10.2. The van der Waals surface area contributed by atoms with E-state index in [0.29, 0.717) is 5.75 Å². The Morgan fingerprint density at radius 1 is 1.27 bits per heavy atom. The molecule has 15 heavy (non-hydrogen) atoms. The van der Waals surface area contributed by atoms with Gasteiger partial charge in [-0.2, -0.15) is 0 Å². The molecule has 1 atom stereocenters. The highest BCUT2D eigenvalue weighted by molar-refractivity contribution is 7.91. The second kappa shape index (κ2) is 3.85. The first kappa shape index (κ1) is 10.5. The zero-order chi connectivity index (χ0) is 10.9. The number of rotatable bonds is 2. The molecule has 1 fully saturated rings. The van der Waals surface area contributed by atoms with E-state index in [9.17, 15) is 8.42 Å². The predicted octanol–water partition coefficient (Wildman–Crippen LogP) is 1.59. The molecule has 0 aromatic heterocycles. The van der Waals surface area contributed by atoms with E-state index in [1.165, 1.54) is 5.56 Å². The normalized spacial score (nSPS) is 23.9. The maximum atomic E-state index is 11.2. The number of aryl methyl sites for hydroxylation is 1. The maximum absolute atomic E-state index is 11.2. The van der Waals surface area contributed by atoms with Crippen LogP contribution in [0.25, 0.3) is 0 Å². The molecule has 1 aromatic carbocycles. The molecule has 0 aliphatic carbocycles. The Labute approximate surface area is 90.4 Å². The van der Waals surface area contributed by atoms with Crippen LogP contribution in [0.15, 0.2) is 24.3 Å². The van der Waals surface area contributed by atoms with E-state index >= 15 is 0 Å². The van der Waals surface area contributed by atoms with Gasteiger partial charge in [0.2, 0.25) is 0 Å². The summed E-state index contributed by atoms with van der Waals surface area (Å²) >= 11 is 0. The molecule has 1 unspecified atom stereocenters. The van der Waals surface area contributed by atoms with Crippen molar-refractivity contribution >= 4 is 15.5 Å². The topological polar surface area (TPSA) is 46.2 Å². The third-order valence-electron chi connectivity index (χ3n) is 2.65. The summed E-state index contributed by atoms with van der Waals surface area (Å²) in [6, 6.07) is 8.09. The van der Waals surface area contributed by atoms with Crippen molar-refractivity contribution in [3.8, 4) is 0 Å². The lowest BCUT2D eigenvalue weighted by Crippen LogP contribution is -2.20. The summed E-state index contributed by atoms with van der Waals surface area (Å²) in [5.41, 5.74) is 2.21. The Hall–Kier alpha value is -1.03. The predicted molar refractivity (Wildman–Crippen MR) is 61.9 cm³/mol. The van der Waals surface area contributed by atoms with Crippen LogP contribution in [0.4, 0.5) is 5.69 Å². The smallest absolute Gasteiger partial charge is 0.152 e. The zero-order valence-electron chi connectivity index (χ0n) is 8.73. The highest BCUT2D eigenvalue weighted by Crippen LogP contribution is 2.17. The van der Waals surface area contributed by atoms with Crippen molar-refractivity contribution in [3.63, 3.8) is 0 Å². The molecule has 82 valence electrons. The molecule has 1 saturated heterocycles. The molecule has 4 heteroatoms. The van der Waals surface area contributed by atoms with Crippen molar-refractivity contribution in [3.05, 3.63) is 29.8 Å². The minimum atomic E-state index is -2.79. The van der Waals surface area contributed by atoms with E-state index in [-0.39, 0.29) is 11.8 Å². The number of benzene rings is 1. The number of nitrogens with one attached hydrogen (secondary N) is 1. The average molecular weight is 225 g/mol. The van der Waals surface area contributed by atoms with Crippen LogP contribution in [0.2, 0.25) is 0 Å².